The van der Waals surface area contributed by atoms with Crippen LogP contribution >= 0.6 is 23.8 Å². The minimum atomic E-state index is -0.310. The van der Waals surface area contributed by atoms with Crippen molar-refractivity contribution in [2.24, 2.45) is 0 Å². The summed E-state index contributed by atoms with van der Waals surface area (Å²) in [7, 11) is 0. The van der Waals surface area contributed by atoms with Gasteiger partial charge in [-0.05, 0) is 67.2 Å². The van der Waals surface area contributed by atoms with Crippen LogP contribution < -0.4 is 15.4 Å². The Labute approximate surface area is 151 Å². The average Bonchev–Trinajstić information content (AvgIpc) is 2.56. The molecule has 1 amide bonds. The Hall–Kier alpha value is -2.37. The lowest BCUT2D eigenvalue weighted by Crippen LogP contribution is -2.32. The number of rotatable bonds is 5. The van der Waals surface area contributed by atoms with E-state index in [0.29, 0.717) is 11.6 Å². The average molecular weight is 361 g/mol. The normalized spacial score (nSPS) is 10.4. The van der Waals surface area contributed by atoms with Gasteiger partial charge in [0.05, 0.1) is 6.61 Å². The van der Waals surface area contributed by atoms with Crippen LogP contribution in [0.1, 0.15) is 12.5 Å². The number of carbonyl (C=O) groups excluding carboxylic acids is 1. The third-order valence-electron chi connectivity index (χ3n) is 2.96. The van der Waals surface area contributed by atoms with Crippen LogP contribution in [-0.2, 0) is 4.79 Å². The molecule has 0 spiro atoms. The largest absolute Gasteiger partial charge is 0.494 e. The Kier molecular flexibility index (Phi) is 6.78. The molecule has 0 unspecified atom stereocenters. The van der Waals surface area contributed by atoms with Gasteiger partial charge in [-0.1, -0.05) is 23.7 Å². The Morgan fingerprint density at radius 2 is 1.83 bits per heavy atom. The van der Waals surface area contributed by atoms with Gasteiger partial charge in [-0.2, -0.15) is 0 Å². The molecule has 2 aromatic carbocycles. The first-order chi connectivity index (χ1) is 11.6. The van der Waals surface area contributed by atoms with Crippen LogP contribution in [0.3, 0.4) is 0 Å². The van der Waals surface area contributed by atoms with E-state index >= 15 is 0 Å². The van der Waals surface area contributed by atoms with Crippen molar-refractivity contribution in [2.75, 3.05) is 11.9 Å². The summed E-state index contributed by atoms with van der Waals surface area (Å²) in [6.45, 7) is 2.55. The van der Waals surface area contributed by atoms with Gasteiger partial charge in [0.15, 0.2) is 5.11 Å². The topological polar surface area (TPSA) is 50.4 Å². The van der Waals surface area contributed by atoms with Crippen LogP contribution in [0.2, 0.25) is 5.02 Å². The zero-order valence-corrected chi connectivity index (χ0v) is 14.7. The third kappa shape index (κ3) is 6.02. The van der Waals surface area contributed by atoms with E-state index in [2.05, 4.69) is 10.6 Å². The zero-order valence-electron chi connectivity index (χ0n) is 13.1. The number of nitrogens with one attached hydrogen (secondary N) is 2. The van der Waals surface area contributed by atoms with Gasteiger partial charge in [0.2, 0.25) is 5.91 Å². The molecule has 2 aromatic rings. The molecule has 0 heterocycles. The predicted octanol–water partition coefficient (Wildman–Crippen LogP) is 4.27. The highest BCUT2D eigenvalue weighted by Gasteiger charge is 2.01. The highest BCUT2D eigenvalue weighted by Crippen LogP contribution is 2.14. The first kappa shape index (κ1) is 18.0. The van der Waals surface area contributed by atoms with Gasteiger partial charge in [0.25, 0.3) is 0 Å². The smallest absolute Gasteiger partial charge is 0.250 e. The molecular weight excluding hydrogens is 344 g/mol. The van der Waals surface area contributed by atoms with Crippen LogP contribution in [0.15, 0.2) is 54.6 Å². The quantitative estimate of drug-likeness (QED) is 0.617. The maximum Gasteiger partial charge on any atom is 0.250 e. The fraction of sp³-hybridized carbons (Fsp3) is 0.111. The predicted molar refractivity (Wildman–Crippen MR) is 102 cm³/mol. The number of thiocarbonyl (C=S) groups is 1. The molecule has 4 nitrogen and oxygen atoms in total. The van der Waals surface area contributed by atoms with E-state index in [1.165, 1.54) is 6.08 Å². The molecule has 0 fully saturated rings. The molecule has 6 heteroatoms. The second-order valence-corrected chi connectivity index (χ2v) is 5.63. The zero-order chi connectivity index (χ0) is 17.4. The molecule has 0 aliphatic carbocycles. The number of carbonyl (C=O) groups is 1. The van der Waals surface area contributed by atoms with Gasteiger partial charge in [0, 0.05) is 16.8 Å². The minimum absolute atomic E-state index is 0.221. The molecule has 0 aliphatic rings. The highest BCUT2D eigenvalue weighted by molar-refractivity contribution is 7.80. The van der Waals surface area contributed by atoms with E-state index in [1.54, 1.807) is 30.3 Å². The van der Waals surface area contributed by atoms with Crippen molar-refractivity contribution in [3.8, 4) is 5.75 Å². The van der Waals surface area contributed by atoms with Gasteiger partial charge in [-0.3, -0.25) is 10.1 Å². The Bertz CT molecular complexity index is 728. The third-order valence-corrected chi connectivity index (χ3v) is 3.41. The van der Waals surface area contributed by atoms with E-state index in [-0.39, 0.29) is 11.0 Å². The summed E-state index contributed by atoms with van der Waals surface area (Å²) in [4.78, 5) is 11.9. The maximum atomic E-state index is 11.9. The maximum absolute atomic E-state index is 11.9. The molecule has 2 N–H and O–H groups in total. The van der Waals surface area contributed by atoms with Crippen molar-refractivity contribution >= 4 is 46.6 Å². The summed E-state index contributed by atoms with van der Waals surface area (Å²) in [5.41, 5.74) is 1.64. The summed E-state index contributed by atoms with van der Waals surface area (Å²) in [6.07, 6.45) is 3.13. The number of hydrogen-bond acceptors (Lipinski definition) is 3. The standard InChI is InChI=1S/C18H17ClN2O2S/c1-2-23-16-10-3-13(4-11-16)5-12-17(22)21-18(24)20-15-8-6-14(19)7-9-15/h3-12H,2H2,1H3,(H2,20,21,22,24)/b12-5+. The molecule has 24 heavy (non-hydrogen) atoms. The lowest BCUT2D eigenvalue weighted by atomic mass is 10.2. The van der Waals surface area contributed by atoms with Crippen molar-refractivity contribution in [1.29, 1.82) is 0 Å². The van der Waals surface area contributed by atoms with E-state index < -0.39 is 0 Å². The van der Waals surface area contributed by atoms with Crippen molar-refractivity contribution < 1.29 is 9.53 Å². The Morgan fingerprint density at radius 3 is 2.46 bits per heavy atom. The number of hydrogen-bond donors (Lipinski definition) is 2. The number of ether oxygens (including phenoxy) is 1. The summed E-state index contributed by atoms with van der Waals surface area (Å²) in [6, 6.07) is 14.5. The SMILES string of the molecule is CCOc1ccc(/C=C/C(=O)NC(=S)Nc2ccc(Cl)cc2)cc1. The van der Waals surface area contributed by atoms with Gasteiger partial charge < -0.3 is 10.1 Å². The summed E-state index contributed by atoms with van der Waals surface area (Å²) < 4.78 is 5.37. The summed E-state index contributed by atoms with van der Waals surface area (Å²) in [5.74, 6) is 0.489. The molecule has 0 saturated heterocycles. The molecule has 0 saturated carbocycles. The van der Waals surface area contributed by atoms with E-state index in [9.17, 15) is 4.79 Å². The van der Waals surface area contributed by atoms with Crippen LogP contribution in [0.25, 0.3) is 6.08 Å². The van der Waals surface area contributed by atoms with Gasteiger partial charge in [-0.15, -0.1) is 0 Å². The van der Waals surface area contributed by atoms with E-state index in [0.717, 1.165) is 17.0 Å². The van der Waals surface area contributed by atoms with Crippen molar-refractivity contribution in [3.63, 3.8) is 0 Å². The second kappa shape index (κ2) is 9.05. The summed E-state index contributed by atoms with van der Waals surface area (Å²) >= 11 is 10.9. The molecule has 0 aliphatic heterocycles. The Balaban J connectivity index is 1.85. The van der Waals surface area contributed by atoms with E-state index in [4.69, 9.17) is 28.6 Å². The van der Waals surface area contributed by atoms with Gasteiger partial charge >= 0.3 is 0 Å². The first-order valence-corrected chi connectivity index (χ1v) is 8.14. The molecule has 2 rings (SSSR count). The van der Waals surface area contributed by atoms with Crippen LogP contribution in [-0.4, -0.2) is 17.6 Å². The molecule has 0 atom stereocenters. The van der Waals surface area contributed by atoms with E-state index in [1.807, 2.05) is 31.2 Å². The van der Waals surface area contributed by atoms with Crippen LogP contribution in [0.4, 0.5) is 5.69 Å². The lowest BCUT2D eigenvalue weighted by molar-refractivity contribution is -0.115. The number of anilines is 1. The number of amides is 1. The number of halogens is 1. The highest BCUT2D eigenvalue weighted by atomic mass is 35.5. The fourth-order valence-electron chi connectivity index (χ4n) is 1.86. The molecular formula is C18H17ClN2O2S. The van der Waals surface area contributed by atoms with Crippen molar-refractivity contribution in [3.05, 3.63) is 65.2 Å². The molecule has 124 valence electrons. The monoisotopic (exact) mass is 360 g/mol. The fourth-order valence-corrected chi connectivity index (χ4v) is 2.21. The van der Waals surface area contributed by atoms with Crippen LogP contribution in [0.5, 0.6) is 5.75 Å². The molecule has 0 aromatic heterocycles. The minimum Gasteiger partial charge on any atom is -0.494 e. The lowest BCUT2D eigenvalue weighted by Gasteiger charge is -2.08. The molecule has 0 radical (unpaired) electrons. The number of benzene rings is 2. The van der Waals surface area contributed by atoms with Crippen LogP contribution in [0, 0.1) is 0 Å². The second-order valence-electron chi connectivity index (χ2n) is 4.79. The van der Waals surface area contributed by atoms with Crippen molar-refractivity contribution in [2.45, 2.75) is 6.92 Å². The first-order valence-electron chi connectivity index (χ1n) is 7.35. The summed E-state index contributed by atoms with van der Waals surface area (Å²) in [5, 5.41) is 6.35. The van der Waals surface area contributed by atoms with Gasteiger partial charge in [-0.25, -0.2) is 0 Å². The molecule has 0 bridgehead atoms. The van der Waals surface area contributed by atoms with Crippen molar-refractivity contribution in [1.82, 2.24) is 5.32 Å². The Morgan fingerprint density at radius 1 is 1.17 bits per heavy atom. The van der Waals surface area contributed by atoms with Gasteiger partial charge in [0.1, 0.15) is 5.75 Å².